The number of hydrogen-bond donors (Lipinski definition) is 3. The molecule has 2 aliphatic carbocycles. The van der Waals surface area contributed by atoms with Crippen LogP contribution in [0.2, 0.25) is 0 Å². The van der Waals surface area contributed by atoms with Gasteiger partial charge in [0.05, 0.1) is 41.8 Å². The van der Waals surface area contributed by atoms with Crippen LogP contribution in [0.15, 0.2) is 60.9 Å². The first-order valence-corrected chi connectivity index (χ1v) is 21.4. The average molecular weight is 775 g/mol. The molecule has 2 aromatic heterocycles. The van der Waals surface area contributed by atoms with Gasteiger partial charge in [0, 0.05) is 25.0 Å². The van der Waals surface area contributed by atoms with Crippen molar-refractivity contribution in [2.45, 2.75) is 115 Å². The lowest BCUT2D eigenvalue weighted by Gasteiger charge is -2.37. The first kappa shape index (κ1) is 38.9. The Labute approximate surface area is 336 Å². The molecule has 302 valence electrons. The lowest BCUT2D eigenvalue weighted by Crippen LogP contribution is -2.44. The summed E-state index contributed by atoms with van der Waals surface area (Å²) in [5.41, 5.74) is 11.5. The summed E-state index contributed by atoms with van der Waals surface area (Å²) in [6, 6.07) is 17.4. The summed E-state index contributed by atoms with van der Waals surface area (Å²) in [6.07, 6.45) is 13.5. The molecular formula is C45H58N8O4. The number of aromatic amines is 2. The minimum absolute atomic E-state index is 0.00836. The van der Waals surface area contributed by atoms with Crippen LogP contribution in [0, 0.1) is 11.8 Å². The Morgan fingerprint density at radius 2 is 1.16 bits per heavy atom. The zero-order chi connectivity index (χ0) is 39.5. The SMILES string of the molecule is CCN(CC)[C@H]1CC[C@@H](C(=O)N2CCC[C@H]2c2ncc(-c3ccc(-c4ccc(-c5cnc([C@@H]6CCCN6C(=O)[C@H]6CCCC[C@H]6OC(N)=O)[nH]5)cc4)cc3)[nH]2)CC1. The molecule has 2 saturated heterocycles. The molecule has 0 unspecified atom stereocenters. The number of primary amides is 1. The van der Waals surface area contributed by atoms with Crippen LogP contribution >= 0.6 is 0 Å². The van der Waals surface area contributed by atoms with E-state index >= 15 is 0 Å². The Hall–Kier alpha value is -4.97. The molecule has 2 saturated carbocycles. The van der Waals surface area contributed by atoms with E-state index in [1.54, 1.807) is 0 Å². The number of ether oxygens (including phenoxy) is 1. The predicted octanol–water partition coefficient (Wildman–Crippen LogP) is 8.02. The third-order valence-corrected chi connectivity index (χ3v) is 13.3. The van der Waals surface area contributed by atoms with E-state index in [4.69, 9.17) is 20.4 Å². The zero-order valence-electron chi connectivity index (χ0n) is 33.5. The second-order valence-electron chi connectivity index (χ2n) is 16.5. The molecule has 12 heteroatoms. The molecule has 2 aliphatic heterocycles. The maximum Gasteiger partial charge on any atom is 0.404 e. The number of hydrogen-bond acceptors (Lipinski definition) is 7. The summed E-state index contributed by atoms with van der Waals surface area (Å²) >= 11 is 0. The van der Waals surface area contributed by atoms with Gasteiger partial charge >= 0.3 is 6.09 Å². The Kier molecular flexibility index (Phi) is 11.8. The van der Waals surface area contributed by atoms with Gasteiger partial charge in [-0.25, -0.2) is 14.8 Å². The smallest absolute Gasteiger partial charge is 0.404 e. The standard InChI is InChI=1S/C45H58N8O4/c1-3-51(4-2)34-23-21-33(22-24-34)43(54)52-25-7-10-38(52)41-47-27-36(49-41)31-17-13-29(14-18-31)30-15-19-32(20-16-30)37-28-48-42(50-37)39-11-8-26-53(39)44(55)35-9-5-6-12-40(35)57-45(46)56/h13-20,27-28,33-35,38-40H,3-12,21-26H2,1-2H3,(H2,46,56)(H,47,49)(H,48,50)/t33-,34+,35-,38-,39-,40+/m0/s1. The minimum atomic E-state index is -0.820. The number of rotatable bonds is 11. The predicted molar refractivity (Wildman–Crippen MR) is 219 cm³/mol. The fraction of sp³-hybridized carbons (Fsp3) is 0.533. The summed E-state index contributed by atoms with van der Waals surface area (Å²) in [5, 5.41) is 0. The van der Waals surface area contributed by atoms with Crippen LogP contribution in [0.5, 0.6) is 0 Å². The van der Waals surface area contributed by atoms with Crippen LogP contribution in [-0.4, -0.2) is 90.9 Å². The van der Waals surface area contributed by atoms with Crippen LogP contribution in [0.4, 0.5) is 4.79 Å². The first-order valence-electron chi connectivity index (χ1n) is 21.4. The van der Waals surface area contributed by atoms with Gasteiger partial charge in [-0.1, -0.05) is 68.8 Å². The van der Waals surface area contributed by atoms with E-state index in [1.165, 1.54) is 0 Å². The molecule has 0 spiro atoms. The molecule has 8 rings (SSSR count). The zero-order valence-corrected chi connectivity index (χ0v) is 33.5. The molecular weight excluding hydrogens is 717 g/mol. The molecule has 4 fully saturated rings. The second kappa shape index (κ2) is 17.3. The van der Waals surface area contributed by atoms with Crippen molar-refractivity contribution in [2.75, 3.05) is 26.2 Å². The number of aromatic nitrogens is 4. The fourth-order valence-corrected chi connectivity index (χ4v) is 10.2. The molecule has 2 aromatic carbocycles. The van der Waals surface area contributed by atoms with Gasteiger partial charge in [-0.3, -0.25) is 9.59 Å². The van der Waals surface area contributed by atoms with E-state index in [2.05, 4.69) is 82.1 Å². The minimum Gasteiger partial charge on any atom is -0.446 e. The molecule has 57 heavy (non-hydrogen) atoms. The third kappa shape index (κ3) is 8.24. The highest BCUT2D eigenvalue weighted by Gasteiger charge is 2.41. The average Bonchev–Trinajstić information content (AvgIpc) is 4.09. The van der Waals surface area contributed by atoms with Crippen molar-refractivity contribution in [3.05, 3.63) is 72.6 Å². The van der Waals surface area contributed by atoms with E-state index in [0.29, 0.717) is 31.3 Å². The molecule has 4 aromatic rings. The van der Waals surface area contributed by atoms with Gasteiger partial charge in [0.15, 0.2) is 0 Å². The number of likely N-dealkylation sites (tertiary alicyclic amines) is 2. The number of carbonyl (C=O) groups excluding carboxylic acids is 3. The van der Waals surface area contributed by atoms with Crippen molar-refractivity contribution in [1.29, 1.82) is 0 Å². The Balaban J connectivity index is 0.885. The molecule has 0 bridgehead atoms. The number of nitrogens with two attached hydrogens (primary N) is 1. The highest BCUT2D eigenvalue weighted by atomic mass is 16.6. The summed E-state index contributed by atoms with van der Waals surface area (Å²) in [6.45, 7) is 8.09. The van der Waals surface area contributed by atoms with Gasteiger partial charge in [-0.15, -0.1) is 0 Å². The van der Waals surface area contributed by atoms with E-state index < -0.39 is 12.2 Å². The monoisotopic (exact) mass is 774 g/mol. The van der Waals surface area contributed by atoms with Gasteiger partial charge in [0.1, 0.15) is 17.8 Å². The number of carbonyl (C=O) groups is 3. The number of imidazole rings is 2. The topological polar surface area (TPSA) is 154 Å². The summed E-state index contributed by atoms with van der Waals surface area (Å²) in [7, 11) is 0. The van der Waals surface area contributed by atoms with Crippen LogP contribution < -0.4 is 5.73 Å². The quantitative estimate of drug-likeness (QED) is 0.140. The van der Waals surface area contributed by atoms with E-state index in [0.717, 1.165) is 129 Å². The van der Waals surface area contributed by atoms with Crippen molar-refractivity contribution in [3.63, 3.8) is 0 Å². The van der Waals surface area contributed by atoms with E-state index in [1.807, 2.05) is 17.3 Å². The Morgan fingerprint density at radius 1 is 0.667 bits per heavy atom. The number of amides is 3. The van der Waals surface area contributed by atoms with Crippen molar-refractivity contribution >= 4 is 17.9 Å². The fourth-order valence-electron chi connectivity index (χ4n) is 10.2. The van der Waals surface area contributed by atoms with Crippen molar-refractivity contribution in [1.82, 2.24) is 34.6 Å². The summed E-state index contributed by atoms with van der Waals surface area (Å²) in [4.78, 5) is 62.2. The van der Waals surface area contributed by atoms with Crippen molar-refractivity contribution < 1.29 is 19.1 Å². The van der Waals surface area contributed by atoms with Gasteiger partial charge < -0.3 is 35.1 Å². The lowest BCUT2D eigenvalue weighted by molar-refractivity contribution is -0.142. The van der Waals surface area contributed by atoms with Gasteiger partial charge in [0.2, 0.25) is 11.8 Å². The molecule has 4 heterocycles. The van der Waals surface area contributed by atoms with E-state index in [9.17, 15) is 14.4 Å². The van der Waals surface area contributed by atoms with Gasteiger partial charge in [0.25, 0.3) is 0 Å². The van der Waals surface area contributed by atoms with Crippen molar-refractivity contribution in [3.8, 4) is 33.6 Å². The maximum absolute atomic E-state index is 13.8. The van der Waals surface area contributed by atoms with Crippen LogP contribution in [0.25, 0.3) is 33.6 Å². The highest BCUT2D eigenvalue weighted by Crippen LogP contribution is 2.38. The number of nitrogens with zero attached hydrogens (tertiary/aromatic N) is 5. The molecule has 0 radical (unpaired) electrons. The summed E-state index contributed by atoms with van der Waals surface area (Å²) in [5.74, 6) is 1.76. The third-order valence-electron chi connectivity index (χ3n) is 13.3. The lowest BCUT2D eigenvalue weighted by atomic mass is 9.84. The molecule has 4 aliphatic rings. The van der Waals surface area contributed by atoms with Crippen LogP contribution in [-0.2, 0) is 14.3 Å². The Bertz CT molecular complexity index is 2000. The normalized spacial score (nSPS) is 25.2. The van der Waals surface area contributed by atoms with Crippen LogP contribution in [0.3, 0.4) is 0 Å². The van der Waals surface area contributed by atoms with Gasteiger partial charge in [-0.05, 0) is 106 Å². The number of benzene rings is 2. The molecule has 4 atom stereocenters. The Morgan fingerprint density at radius 3 is 1.67 bits per heavy atom. The molecule has 12 nitrogen and oxygen atoms in total. The molecule has 4 N–H and O–H groups in total. The maximum atomic E-state index is 13.8. The number of nitrogens with one attached hydrogen (secondary N) is 2. The van der Waals surface area contributed by atoms with Gasteiger partial charge in [-0.2, -0.15) is 0 Å². The van der Waals surface area contributed by atoms with Crippen LogP contribution in [0.1, 0.15) is 115 Å². The summed E-state index contributed by atoms with van der Waals surface area (Å²) < 4.78 is 5.36. The van der Waals surface area contributed by atoms with E-state index in [-0.39, 0.29) is 29.8 Å². The highest BCUT2D eigenvalue weighted by molar-refractivity contribution is 5.81. The number of H-pyrrole nitrogens is 2. The second-order valence-corrected chi connectivity index (χ2v) is 16.5. The first-order chi connectivity index (χ1) is 27.8. The largest absolute Gasteiger partial charge is 0.446 e. The molecule has 3 amide bonds. The van der Waals surface area contributed by atoms with Crippen molar-refractivity contribution in [2.24, 2.45) is 17.6 Å².